The second-order valence-corrected chi connectivity index (χ2v) is 5.70. The minimum absolute atomic E-state index is 0.168. The highest BCUT2D eigenvalue weighted by Gasteiger charge is 2.09. The summed E-state index contributed by atoms with van der Waals surface area (Å²) in [6.07, 6.45) is 1.69. The van der Waals surface area contributed by atoms with Gasteiger partial charge in [0.05, 0.1) is 12.2 Å². The summed E-state index contributed by atoms with van der Waals surface area (Å²) in [7, 11) is 0. The Labute approximate surface area is 149 Å². The van der Waals surface area contributed by atoms with Crippen LogP contribution in [0.25, 0.3) is 22.6 Å². The molecule has 0 unspecified atom stereocenters. The third-order valence-electron chi connectivity index (χ3n) is 3.94. The van der Waals surface area contributed by atoms with Gasteiger partial charge in [-0.15, -0.1) is 0 Å². The first-order chi connectivity index (χ1) is 12.8. The highest BCUT2D eigenvalue weighted by molar-refractivity contribution is 5.94. The summed E-state index contributed by atoms with van der Waals surface area (Å²) in [6.45, 7) is 0.279. The lowest BCUT2D eigenvalue weighted by molar-refractivity contribution is 0.0950. The van der Waals surface area contributed by atoms with Crippen LogP contribution in [0, 0.1) is 0 Å². The molecular weight excluding hydrogens is 328 g/mol. The molecule has 2 aromatic heterocycles. The van der Waals surface area contributed by atoms with Crippen LogP contribution in [0.2, 0.25) is 0 Å². The van der Waals surface area contributed by atoms with Crippen LogP contribution in [0.4, 0.5) is 0 Å². The number of nitrogens with one attached hydrogen (secondary N) is 3. The molecule has 7 nitrogen and oxygen atoms in total. The quantitative estimate of drug-likeness (QED) is 0.518. The first-order valence-electron chi connectivity index (χ1n) is 8.14. The topological polar surface area (TPSA) is 99.3 Å². The molecule has 0 bridgehead atoms. The number of H-pyrrole nitrogens is 2. The van der Waals surface area contributed by atoms with Gasteiger partial charge in [-0.05, 0) is 23.8 Å². The van der Waals surface area contributed by atoms with Crippen LogP contribution < -0.4 is 5.32 Å². The van der Waals surface area contributed by atoms with Gasteiger partial charge in [-0.25, -0.2) is 4.98 Å². The molecule has 26 heavy (non-hydrogen) atoms. The van der Waals surface area contributed by atoms with E-state index in [9.17, 15) is 4.79 Å². The zero-order chi connectivity index (χ0) is 17.8. The number of nitrogens with zero attached hydrogens (tertiary/aromatic N) is 3. The fourth-order valence-electron chi connectivity index (χ4n) is 2.57. The summed E-state index contributed by atoms with van der Waals surface area (Å²) < 4.78 is 0. The lowest BCUT2D eigenvalue weighted by Gasteiger charge is -2.04. The van der Waals surface area contributed by atoms with E-state index in [2.05, 4.69) is 30.7 Å². The van der Waals surface area contributed by atoms with E-state index in [-0.39, 0.29) is 12.5 Å². The molecule has 0 radical (unpaired) electrons. The van der Waals surface area contributed by atoms with E-state index in [1.165, 1.54) is 0 Å². The maximum absolute atomic E-state index is 12.3. The van der Waals surface area contributed by atoms with Crippen LogP contribution in [-0.4, -0.2) is 31.3 Å². The molecule has 0 aliphatic heterocycles. The number of amides is 1. The fraction of sp³-hybridized carbons (Fsp3) is 0.0526. The van der Waals surface area contributed by atoms with Crippen molar-refractivity contribution in [2.24, 2.45) is 0 Å². The van der Waals surface area contributed by atoms with Crippen molar-refractivity contribution in [3.63, 3.8) is 0 Å². The first-order valence-corrected chi connectivity index (χ1v) is 8.14. The Morgan fingerprint density at radius 1 is 0.923 bits per heavy atom. The van der Waals surface area contributed by atoms with Gasteiger partial charge in [0.1, 0.15) is 5.82 Å². The molecule has 7 heteroatoms. The summed E-state index contributed by atoms with van der Waals surface area (Å²) >= 11 is 0. The molecule has 0 atom stereocenters. The average molecular weight is 344 g/mol. The minimum Gasteiger partial charge on any atom is -0.345 e. The standard InChI is InChI=1S/C19H16N6O/c26-19(15-8-6-13(7-9-15)16-10-11-21-23-16)20-12-17-22-18(25-24-17)14-4-2-1-3-5-14/h1-11H,12H2,(H,20,26)(H,21,23)(H,22,24,25). The summed E-state index contributed by atoms with van der Waals surface area (Å²) in [5.41, 5.74) is 3.39. The first kappa shape index (κ1) is 15.8. The van der Waals surface area contributed by atoms with Gasteiger partial charge in [-0.3, -0.25) is 15.0 Å². The summed E-state index contributed by atoms with van der Waals surface area (Å²) in [5, 5.41) is 16.7. The molecule has 0 aliphatic carbocycles. The number of carbonyl (C=O) groups is 1. The molecule has 4 rings (SSSR count). The zero-order valence-electron chi connectivity index (χ0n) is 13.8. The lowest BCUT2D eigenvalue weighted by atomic mass is 10.1. The van der Waals surface area contributed by atoms with Crippen molar-refractivity contribution < 1.29 is 4.79 Å². The number of benzene rings is 2. The number of hydrogen-bond donors (Lipinski definition) is 3. The maximum atomic E-state index is 12.3. The van der Waals surface area contributed by atoms with E-state index in [0.29, 0.717) is 17.2 Å². The minimum atomic E-state index is -0.168. The average Bonchev–Trinajstić information content (AvgIpc) is 3.39. The van der Waals surface area contributed by atoms with Crippen molar-refractivity contribution in [3.8, 4) is 22.6 Å². The van der Waals surface area contributed by atoms with Crippen molar-refractivity contribution in [1.82, 2.24) is 30.7 Å². The van der Waals surface area contributed by atoms with E-state index in [4.69, 9.17) is 0 Å². The predicted molar refractivity (Wildman–Crippen MR) is 97.0 cm³/mol. The number of aromatic amines is 2. The van der Waals surface area contributed by atoms with Gasteiger partial charge in [0.25, 0.3) is 5.91 Å². The van der Waals surface area contributed by atoms with Gasteiger partial charge in [0, 0.05) is 17.3 Å². The Kier molecular flexibility index (Phi) is 4.26. The SMILES string of the molecule is O=C(NCc1nc(-c2ccccc2)n[nH]1)c1ccc(-c2ccn[nH]2)cc1. The Morgan fingerprint density at radius 3 is 2.46 bits per heavy atom. The molecule has 2 heterocycles. The zero-order valence-corrected chi connectivity index (χ0v) is 13.8. The second kappa shape index (κ2) is 7.02. The lowest BCUT2D eigenvalue weighted by Crippen LogP contribution is -2.23. The van der Waals surface area contributed by atoms with Crippen molar-refractivity contribution in [2.75, 3.05) is 0 Å². The number of rotatable bonds is 5. The van der Waals surface area contributed by atoms with Crippen LogP contribution >= 0.6 is 0 Å². The molecule has 4 aromatic rings. The van der Waals surface area contributed by atoms with Crippen LogP contribution in [0.15, 0.2) is 66.9 Å². The molecule has 0 aliphatic rings. The van der Waals surface area contributed by atoms with Gasteiger partial charge in [-0.2, -0.15) is 10.2 Å². The Balaban J connectivity index is 1.39. The van der Waals surface area contributed by atoms with Crippen LogP contribution in [0.3, 0.4) is 0 Å². The highest BCUT2D eigenvalue weighted by Crippen LogP contribution is 2.17. The third-order valence-corrected chi connectivity index (χ3v) is 3.94. The van der Waals surface area contributed by atoms with Crippen molar-refractivity contribution >= 4 is 5.91 Å². The number of aromatic nitrogens is 5. The molecule has 2 aromatic carbocycles. The molecule has 0 fully saturated rings. The molecule has 0 spiro atoms. The smallest absolute Gasteiger partial charge is 0.251 e. The van der Waals surface area contributed by atoms with E-state index >= 15 is 0 Å². The molecular formula is C19H16N6O. The molecule has 0 saturated carbocycles. The molecule has 0 saturated heterocycles. The molecule has 128 valence electrons. The van der Waals surface area contributed by atoms with Gasteiger partial charge in [0.15, 0.2) is 5.82 Å². The van der Waals surface area contributed by atoms with E-state index < -0.39 is 0 Å². The van der Waals surface area contributed by atoms with E-state index in [0.717, 1.165) is 16.8 Å². The van der Waals surface area contributed by atoms with Crippen molar-refractivity contribution in [1.29, 1.82) is 0 Å². The fourth-order valence-corrected chi connectivity index (χ4v) is 2.57. The molecule has 3 N–H and O–H groups in total. The number of hydrogen-bond acceptors (Lipinski definition) is 4. The van der Waals surface area contributed by atoms with Crippen molar-refractivity contribution in [3.05, 3.63) is 78.2 Å². The van der Waals surface area contributed by atoms with E-state index in [1.807, 2.05) is 48.5 Å². The van der Waals surface area contributed by atoms with Gasteiger partial charge in [0.2, 0.25) is 0 Å². The Morgan fingerprint density at radius 2 is 1.73 bits per heavy atom. The Hall–Kier alpha value is -3.74. The summed E-state index contributed by atoms with van der Waals surface area (Å²) in [5.74, 6) is 1.05. The summed E-state index contributed by atoms with van der Waals surface area (Å²) in [6, 6.07) is 18.9. The predicted octanol–water partition coefficient (Wildman–Crippen LogP) is 2.79. The second-order valence-electron chi connectivity index (χ2n) is 5.70. The van der Waals surface area contributed by atoms with Crippen LogP contribution in [0.1, 0.15) is 16.2 Å². The Bertz CT molecular complexity index is 990. The normalized spacial score (nSPS) is 10.6. The number of carbonyl (C=O) groups excluding carboxylic acids is 1. The van der Waals surface area contributed by atoms with Crippen LogP contribution in [0.5, 0.6) is 0 Å². The van der Waals surface area contributed by atoms with Gasteiger partial charge < -0.3 is 5.32 Å². The monoisotopic (exact) mass is 344 g/mol. The summed E-state index contributed by atoms with van der Waals surface area (Å²) in [4.78, 5) is 16.7. The third kappa shape index (κ3) is 3.36. The van der Waals surface area contributed by atoms with Crippen molar-refractivity contribution in [2.45, 2.75) is 6.54 Å². The largest absolute Gasteiger partial charge is 0.345 e. The van der Waals surface area contributed by atoms with Crippen LogP contribution in [-0.2, 0) is 6.54 Å². The highest BCUT2D eigenvalue weighted by atomic mass is 16.1. The van der Waals surface area contributed by atoms with Gasteiger partial charge >= 0.3 is 0 Å². The maximum Gasteiger partial charge on any atom is 0.251 e. The van der Waals surface area contributed by atoms with Gasteiger partial charge in [-0.1, -0.05) is 42.5 Å². The van der Waals surface area contributed by atoms with E-state index in [1.54, 1.807) is 18.3 Å². The molecule has 1 amide bonds.